The van der Waals surface area contributed by atoms with Crippen molar-refractivity contribution in [1.29, 1.82) is 0 Å². The Bertz CT molecular complexity index is 355. The summed E-state index contributed by atoms with van der Waals surface area (Å²) in [6, 6.07) is 2.10. The van der Waals surface area contributed by atoms with Gasteiger partial charge >= 0.3 is 0 Å². The van der Waals surface area contributed by atoms with Gasteiger partial charge in [0.1, 0.15) is 4.60 Å². The molecule has 0 bridgehead atoms. The van der Waals surface area contributed by atoms with E-state index in [2.05, 4.69) is 47.9 Å². The second-order valence-corrected chi connectivity index (χ2v) is 5.82. The molecule has 1 aliphatic heterocycles. The van der Waals surface area contributed by atoms with Crippen LogP contribution in [-0.2, 0) is 11.3 Å². The molecule has 1 aliphatic rings. The molecule has 3 nitrogen and oxygen atoms in total. The molecule has 4 heteroatoms. The van der Waals surface area contributed by atoms with Gasteiger partial charge in [0.05, 0.1) is 25.5 Å². The van der Waals surface area contributed by atoms with Crippen LogP contribution in [0.4, 0.5) is 0 Å². The van der Waals surface area contributed by atoms with E-state index in [0.717, 1.165) is 30.1 Å². The minimum atomic E-state index is 0.267. The summed E-state index contributed by atoms with van der Waals surface area (Å²) in [5.74, 6) is 0.480. The van der Waals surface area contributed by atoms with Gasteiger partial charge in [0.25, 0.3) is 0 Å². The highest BCUT2D eigenvalue weighted by Crippen LogP contribution is 2.30. The maximum atomic E-state index is 5.25. The first-order valence-corrected chi connectivity index (χ1v) is 6.10. The van der Waals surface area contributed by atoms with Crippen molar-refractivity contribution in [2.75, 3.05) is 13.2 Å². The molecule has 2 rings (SSSR count). The molecule has 1 fully saturated rings. The first-order valence-electron chi connectivity index (χ1n) is 5.31. The third-order valence-electron chi connectivity index (χ3n) is 2.77. The summed E-state index contributed by atoms with van der Waals surface area (Å²) in [5.41, 5.74) is 1.41. The summed E-state index contributed by atoms with van der Waals surface area (Å²) >= 11 is 3.55. The summed E-state index contributed by atoms with van der Waals surface area (Å²) in [4.78, 5) is 0. The van der Waals surface area contributed by atoms with Crippen molar-refractivity contribution in [2.45, 2.75) is 33.2 Å². The second kappa shape index (κ2) is 3.91. The highest BCUT2D eigenvalue weighted by Gasteiger charge is 2.34. The van der Waals surface area contributed by atoms with Crippen molar-refractivity contribution >= 4 is 15.9 Å². The Morgan fingerprint density at radius 3 is 2.67 bits per heavy atom. The van der Waals surface area contributed by atoms with Crippen LogP contribution in [0, 0.1) is 5.41 Å². The van der Waals surface area contributed by atoms with Gasteiger partial charge in [0.2, 0.25) is 0 Å². The van der Waals surface area contributed by atoms with E-state index in [1.54, 1.807) is 0 Å². The van der Waals surface area contributed by atoms with Crippen LogP contribution in [0.3, 0.4) is 0 Å². The molecule has 0 unspecified atom stereocenters. The summed E-state index contributed by atoms with van der Waals surface area (Å²) < 4.78 is 8.36. The van der Waals surface area contributed by atoms with E-state index in [4.69, 9.17) is 4.74 Å². The SMILES string of the molecule is CC(C)c1cc(Br)n(CC2(C)COC2)n1. The fraction of sp³-hybridized carbons (Fsp3) is 0.727. The van der Waals surface area contributed by atoms with Gasteiger partial charge in [-0.25, -0.2) is 0 Å². The molecule has 84 valence electrons. The first kappa shape index (κ1) is 11.1. The predicted octanol–water partition coefficient (Wildman–Crippen LogP) is 2.81. The van der Waals surface area contributed by atoms with Crippen LogP contribution in [0.15, 0.2) is 10.7 Å². The molecule has 15 heavy (non-hydrogen) atoms. The van der Waals surface area contributed by atoms with E-state index in [0.29, 0.717) is 5.92 Å². The number of hydrogen-bond donors (Lipinski definition) is 0. The van der Waals surface area contributed by atoms with Crippen LogP contribution in [0.2, 0.25) is 0 Å². The van der Waals surface area contributed by atoms with Gasteiger partial charge in [-0.2, -0.15) is 5.10 Å². The second-order valence-electron chi connectivity index (χ2n) is 5.01. The Labute approximate surface area is 98.9 Å². The summed E-state index contributed by atoms with van der Waals surface area (Å²) in [6.45, 7) is 9.17. The molecule has 0 N–H and O–H groups in total. The van der Waals surface area contributed by atoms with Crippen molar-refractivity contribution in [3.63, 3.8) is 0 Å². The van der Waals surface area contributed by atoms with Crippen LogP contribution < -0.4 is 0 Å². The number of nitrogens with zero attached hydrogens (tertiary/aromatic N) is 2. The van der Waals surface area contributed by atoms with E-state index >= 15 is 0 Å². The molecule has 0 atom stereocenters. The lowest BCUT2D eigenvalue weighted by atomic mass is 9.89. The maximum Gasteiger partial charge on any atom is 0.104 e. The van der Waals surface area contributed by atoms with Gasteiger partial charge in [-0.15, -0.1) is 0 Å². The Morgan fingerprint density at radius 2 is 2.27 bits per heavy atom. The van der Waals surface area contributed by atoms with Gasteiger partial charge in [0, 0.05) is 5.41 Å². The molecule has 2 heterocycles. The lowest BCUT2D eigenvalue weighted by Gasteiger charge is -2.37. The lowest BCUT2D eigenvalue weighted by molar-refractivity contribution is -0.111. The van der Waals surface area contributed by atoms with Crippen LogP contribution in [-0.4, -0.2) is 23.0 Å². The van der Waals surface area contributed by atoms with Crippen molar-refractivity contribution in [1.82, 2.24) is 9.78 Å². The Kier molecular flexibility index (Phi) is 2.90. The molecule has 1 saturated heterocycles. The van der Waals surface area contributed by atoms with Crippen molar-refractivity contribution in [2.24, 2.45) is 5.41 Å². The van der Waals surface area contributed by atoms with Crippen LogP contribution in [0.1, 0.15) is 32.4 Å². The quantitative estimate of drug-likeness (QED) is 0.846. The molecule has 1 aromatic rings. The standard InChI is InChI=1S/C11H17BrN2O/c1-8(2)9-4-10(12)14(13-9)5-11(3)6-15-7-11/h4,8H,5-7H2,1-3H3. The van der Waals surface area contributed by atoms with Crippen molar-refractivity contribution < 1.29 is 4.74 Å². The van der Waals surface area contributed by atoms with E-state index in [9.17, 15) is 0 Å². The van der Waals surface area contributed by atoms with E-state index in [1.165, 1.54) is 0 Å². The number of aromatic nitrogens is 2. The molecule has 0 amide bonds. The van der Waals surface area contributed by atoms with Crippen LogP contribution >= 0.6 is 15.9 Å². The largest absolute Gasteiger partial charge is 0.380 e. The molecular weight excluding hydrogens is 256 g/mol. The fourth-order valence-corrected chi connectivity index (χ4v) is 2.15. The topological polar surface area (TPSA) is 27.1 Å². The Balaban J connectivity index is 2.14. The number of hydrogen-bond acceptors (Lipinski definition) is 2. The third-order valence-corrected chi connectivity index (χ3v) is 3.41. The van der Waals surface area contributed by atoms with Crippen LogP contribution in [0.25, 0.3) is 0 Å². The smallest absolute Gasteiger partial charge is 0.104 e. The Hall–Kier alpha value is -0.350. The minimum Gasteiger partial charge on any atom is -0.380 e. The molecule has 0 aliphatic carbocycles. The molecular formula is C11H17BrN2O. The van der Waals surface area contributed by atoms with Gasteiger partial charge < -0.3 is 4.74 Å². The zero-order valence-electron chi connectivity index (χ0n) is 9.46. The monoisotopic (exact) mass is 272 g/mol. The average molecular weight is 273 g/mol. The third kappa shape index (κ3) is 2.26. The number of ether oxygens (including phenoxy) is 1. The maximum absolute atomic E-state index is 5.25. The Morgan fingerprint density at radius 1 is 1.60 bits per heavy atom. The normalized spacial score (nSPS) is 19.3. The molecule has 0 spiro atoms. The predicted molar refractivity (Wildman–Crippen MR) is 62.9 cm³/mol. The molecule has 1 aromatic heterocycles. The van der Waals surface area contributed by atoms with Gasteiger partial charge in [-0.3, -0.25) is 4.68 Å². The minimum absolute atomic E-state index is 0.267. The fourth-order valence-electron chi connectivity index (χ4n) is 1.71. The van der Waals surface area contributed by atoms with E-state index < -0.39 is 0 Å². The molecule has 0 saturated carbocycles. The zero-order chi connectivity index (χ0) is 11.1. The van der Waals surface area contributed by atoms with E-state index in [1.807, 2.05) is 4.68 Å². The number of halogens is 1. The van der Waals surface area contributed by atoms with Gasteiger partial charge in [-0.05, 0) is 27.9 Å². The highest BCUT2D eigenvalue weighted by molar-refractivity contribution is 9.10. The summed E-state index contributed by atoms with van der Waals surface area (Å²) in [5, 5.41) is 4.59. The summed E-state index contributed by atoms with van der Waals surface area (Å²) in [7, 11) is 0. The average Bonchev–Trinajstić information content (AvgIpc) is 2.45. The van der Waals surface area contributed by atoms with Gasteiger partial charge in [0.15, 0.2) is 0 Å². The molecule has 0 radical (unpaired) electrons. The van der Waals surface area contributed by atoms with Gasteiger partial charge in [-0.1, -0.05) is 20.8 Å². The summed E-state index contributed by atoms with van der Waals surface area (Å²) in [6.07, 6.45) is 0. The van der Waals surface area contributed by atoms with Crippen LogP contribution in [0.5, 0.6) is 0 Å². The zero-order valence-corrected chi connectivity index (χ0v) is 11.0. The molecule has 0 aromatic carbocycles. The highest BCUT2D eigenvalue weighted by atomic mass is 79.9. The first-order chi connectivity index (χ1) is 7.00. The van der Waals surface area contributed by atoms with Crippen molar-refractivity contribution in [3.8, 4) is 0 Å². The number of rotatable bonds is 3. The lowest BCUT2D eigenvalue weighted by Crippen LogP contribution is -2.43. The van der Waals surface area contributed by atoms with E-state index in [-0.39, 0.29) is 5.41 Å². The van der Waals surface area contributed by atoms with Crippen molar-refractivity contribution in [3.05, 3.63) is 16.4 Å².